The first-order valence-electron chi connectivity index (χ1n) is 5.82. The molecule has 1 heterocycles. The van der Waals surface area contributed by atoms with Gasteiger partial charge in [-0.25, -0.2) is 12.8 Å². The van der Waals surface area contributed by atoms with Crippen molar-refractivity contribution < 1.29 is 12.8 Å². The SMILES string of the molecule is O=S(=O)(Nc1snc2c1CCC2)c1ccc(F)cc1. The molecule has 0 bridgehead atoms. The van der Waals surface area contributed by atoms with Gasteiger partial charge in [0.25, 0.3) is 10.0 Å². The van der Waals surface area contributed by atoms with Gasteiger partial charge in [-0.3, -0.25) is 4.72 Å². The largest absolute Gasteiger partial charge is 0.269 e. The van der Waals surface area contributed by atoms with Crippen molar-refractivity contribution in [3.63, 3.8) is 0 Å². The second-order valence-electron chi connectivity index (χ2n) is 4.35. The highest BCUT2D eigenvalue weighted by Gasteiger charge is 2.23. The lowest BCUT2D eigenvalue weighted by atomic mass is 10.3. The zero-order chi connectivity index (χ0) is 13.5. The van der Waals surface area contributed by atoms with Crippen molar-refractivity contribution in [2.75, 3.05) is 4.72 Å². The topological polar surface area (TPSA) is 59.1 Å². The molecule has 1 aliphatic carbocycles. The number of nitrogens with one attached hydrogen (secondary N) is 1. The van der Waals surface area contributed by atoms with Crippen LogP contribution in [0.15, 0.2) is 29.2 Å². The summed E-state index contributed by atoms with van der Waals surface area (Å²) in [4.78, 5) is 0.0500. The van der Waals surface area contributed by atoms with Crippen LogP contribution in [0.3, 0.4) is 0 Å². The van der Waals surface area contributed by atoms with Gasteiger partial charge in [0.05, 0.1) is 10.6 Å². The van der Waals surface area contributed by atoms with E-state index >= 15 is 0 Å². The Labute approximate surface area is 114 Å². The fourth-order valence-corrected chi connectivity index (χ4v) is 4.29. The quantitative estimate of drug-likeness (QED) is 0.947. The van der Waals surface area contributed by atoms with Crippen LogP contribution in [0.5, 0.6) is 0 Å². The van der Waals surface area contributed by atoms with E-state index in [1.54, 1.807) is 0 Å². The van der Waals surface area contributed by atoms with Crippen LogP contribution in [-0.4, -0.2) is 12.8 Å². The zero-order valence-electron chi connectivity index (χ0n) is 9.89. The molecule has 0 saturated carbocycles. The van der Waals surface area contributed by atoms with Gasteiger partial charge in [-0.15, -0.1) is 0 Å². The molecule has 19 heavy (non-hydrogen) atoms. The summed E-state index contributed by atoms with van der Waals surface area (Å²) in [6.07, 6.45) is 2.77. The van der Waals surface area contributed by atoms with E-state index in [0.29, 0.717) is 5.00 Å². The van der Waals surface area contributed by atoms with Crippen LogP contribution in [0.1, 0.15) is 17.7 Å². The Bertz CT molecular complexity index is 708. The summed E-state index contributed by atoms with van der Waals surface area (Å²) >= 11 is 1.16. The maximum atomic E-state index is 12.8. The van der Waals surface area contributed by atoms with E-state index in [4.69, 9.17) is 0 Å². The normalized spacial score (nSPS) is 14.4. The Morgan fingerprint density at radius 1 is 1.21 bits per heavy atom. The second-order valence-corrected chi connectivity index (χ2v) is 6.81. The van der Waals surface area contributed by atoms with Gasteiger partial charge in [-0.05, 0) is 55.1 Å². The maximum absolute atomic E-state index is 12.8. The van der Waals surface area contributed by atoms with E-state index in [1.165, 1.54) is 12.1 Å². The van der Waals surface area contributed by atoms with Crippen molar-refractivity contribution in [1.82, 2.24) is 4.37 Å². The van der Waals surface area contributed by atoms with E-state index in [0.717, 1.165) is 54.2 Å². The molecule has 1 aromatic carbocycles. The van der Waals surface area contributed by atoms with Gasteiger partial charge in [0.15, 0.2) is 0 Å². The molecular weight excluding hydrogens is 287 g/mol. The first-order chi connectivity index (χ1) is 9.06. The molecule has 0 amide bonds. The van der Waals surface area contributed by atoms with Crippen LogP contribution < -0.4 is 4.72 Å². The second kappa shape index (κ2) is 4.57. The standard InChI is InChI=1S/C12H11FN2O2S2/c13-8-4-6-9(7-5-8)19(16,17)15-12-10-2-1-3-11(10)14-18-12/h4-7,15H,1-3H2. The summed E-state index contributed by atoms with van der Waals surface area (Å²) < 4.78 is 43.9. The van der Waals surface area contributed by atoms with Crippen molar-refractivity contribution in [1.29, 1.82) is 0 Å². The van der Waals surface area contributed by atoms with Crippen molar-refractivity contribution in [2.24, 2.45) is 0 Å². The van der Waals surface area contributed by atoms with E-state index in [9.17, 15) is 12.8 Å². The summed E-state index contributed by atoms with van der Waals surface area (Å²) in [6, 6.07) is 4.76. The predicted molar refractivity (Wildman–Crippen MR) is 71.3 cm³/mol. The summed E-state index contributed by atoms with van der Waals surface area (Å²) in [6.45, 7) is 0. The molecule has 4 nitrogen and oxygen atoms in total. The van der Waals surface area contributed by atoms with Crippen molar-refractivity contribution in [3.05, 3.63) is 41.3 Å². The first-order valence-corrected chi connectivity index (χ1v) is 8.08. The lowest BCUT2D eigenvalue weighted by Crippen LogP contribution is -2.12. The molecule has 100 valence electrons. The summed E-state index contributed by atoms with van der Waals surface area (Å²) in [5, 5.41) is 0.580. The van der Waals surface area contributed by atoms with Gasteiger partial charge in [-0.1, -0.05) is 0 Å². The fourth-order valence-electron chi connectivity index (χ4n) is 2.10. The van der Waals surface area contributed by atoms with E-state index in [2.05, 4.69) is 9.10 Å². The Balaban J connectivity index is 1.91. The molecule has 7 heteroatoms. The van der Waals surface area contributed by atoms with Crippen LogP contribution >= 0.6 is 11.5 Å². The maximum Gasteiger partial charge on any atom is 0.262 e. The van der Waals surface area contributed by atoms with Gasteiger partial charge in [-0.2, -0.15) is 4.37 Å². The molecule has 0 atom stereocenters. The molecule has 0 spiro atoms. The first kappa shape index (κ1) is 12.6. The summed E-state index contributed by atoms with van der Waals surface area (Å²) in [5.41, 5.74) is 1.98. The molecule has 0 aliphatic heterocycles. The minimum absolute atomic E-state index is 0.0500. The number of halogens is 1. The molecular formula is C12H11FN2O2S2. The summed E-state index contributed by atoms with van der Waals surface area (Å²) in [7, 11) is -3.67. The highest BCUT2D eigenvalue weighted by Crippen LogP contribution is 2.33. The number of rotatable bonds is 3. The van der Waals surface area contributed by atoms with Gasteiger partial charge >= 0.3 is 0 Å². The number of sulfonamides is 1. The van der Waals surface area contributed by atoms with Crippen LogP contribution in [-0.2, 0) is 22.9 Å². The Morgan fingerprint density at radius 3 is 2.68 bits per heavy atom. The number of aromatic nitrogens is 1. The third kappa shape index (κ3) is 2.35. The van der Waals surface area contributed by atoms with Gasteiger partial charge < -0.3 is 0 Å². The van der Waals surface area contributed by atoms with Crippen molar-refractivity contribution in [3.8, 4) is 0 Å². The molecule has 0 radical (unpaired) electrons. The van der Waals surface area contributed by atoms with Crippen LogP contribution in [0, 0.1) is 5.82 Å². The lowest BCUT2D eigenvalue weighted by molar-refractivity contribution is 0.599. The number of hydrogen-bond acceptors (Lipinski definition) is 4. The Kier molecular flexibility index (Phi) is 3.02. The molecule has 0 unspecified atom stereocenters. The van der Waals surface area contributed by atoms with Gasteiger partial charge in [0.1, 0.15) is 10.8 Å². The van der Waals surface area contributed by atoms with Crippen molar-refractivity contribution >= 4 is 26.6 Å². The molecule has 2 aromatic rings. The highest BCUT2D eigenvalue weighted by atomic mass is 32.2. The molecule has 1 aromatic heterocycles. The minimum atomic E-state index is -3.67. The van der Waals surface area contributed by atoms with Crippen LogP contribution in [0.4, 0.5) is 9.39 Å². The average molecular weight is 298 g/mol. The molecule has 1 N–H and O–H groups in total. The highest BCUT2D eigenvalue weighted by molar-refractivity contribution is 7.93. The number of aryl methyl sites for hydroxylation is 1. The predicted octanol–water partition coefficient (Wildman–Crippen LogP) is 2.57. The van der Waals surface area contributed by atoms with Crippen LogP contribution in [0.25, 0.3) is 0 Å². The zero-order valence-corrected chi connectivity index (χ0v) is 11.5. The lowest BCUT2D eigenvalue weighted by Gasteiger charge is -2.06. The molecule has 0 saturated heterocycles. The molecule has 1 aliphatic rings. The number of anilines is 1. The summed E-state index contributed by atoms with van der Waals surface area (Å²) in [5.74, 6) is -0.461. The number of benzene rings is 1. The fraction of sp³-hybridized carbons (Fsp3) is 0.250. The van der Waals surface area contributed by atoms with Gasteiger partial charge in [0.2, 0.25) is 0 Å². The van der Waals surface area contributed by atoms with E-state index in [-0.39, 0.29) is 4.90 Å². The molecule has 3 rings (SSSR count). The third-order valence-electron chi connectivity index (χ3n) is 3.06. The average Bonchev–Trinajstić information content (AvgIpc) is 2.95. The number of fused-ring (bicyclic) bond motifs is 1. The van der Waals surface area contributed by atoms with Gasteiger partial charge in [0, 0.05) is 5.56 Å². The minimum Gasteiger partial charge on any atom is -0.269 e. The Hall–Kier alpha value is -1.47. The Morgan fingerprint density at radius 2 is 1.95 bits per heavy atom. The van der Waals surface area contributed by atoms with Crippen LogP contribution in [0.2, 0.25) is 0 Å². The smallest absolute Gasteiger partial charge is 0.262 e. The van der Waals surface area contributed by atoms with E-state index in [1.807, 2.05) is 0 Å². The van der Waals surface area contributed by atoms with Crippen molar-refractivity contribution in [2.45, 2.75) is 24.2 Å². The molecule has 0 fully saturated rings. The van der Waals surface area contributed by atoms with E-state index < -0.39 is 15.8 Å². The number of hydrogen-bond donors (Lipinski definition) is 1. The monoisotopic (exact) mass is 298 g/mol. The number of nitrogens with zero attached hydrogens (tertiary/aromatic N) is 1. The third-order valence-corrected chi connectivity index (χ3v) is 5.40.